The minimum Gasteiger partial charge on any atom is -0.478 e. The third-order valence-electron chi connectivity index (χ3n) is 1.76. The van der Waals surface area contributed by atoms with Gasteiger partial charge in [0.25, 0.3) is 12.0 Å². The van der Waals surface area contributed by atoms with E-state index in [2.05, 4.69) is 0 Å². The van der Waals surface area contributed by atoms with Crippen LogP contribution in [-0.4, -0.2) is 16.1 Å². The maximum atomic E-state index is 12.3. The number of carbonyl (C=O) groups is 1. The van der Waals surface area contributed by atoms with Crippen molar-refractivity contribution in [3.8, 4) is 0 Å². The minimum absolute atomic E-state index is 0.104. The second-order valence-corrected chi connectivity index (χ2v) is 2.70. The summed E-state index contributed by atoms with van der Waals surface area (Å²) in [5.74, 6) is -1.52. The first-order valence-electron chi connectivity index (χ1n) is 3.68. The number of carboxylic acid groups (broad SMARTS) is 1. The Balaban J connectivity index is 3.58. The number of alkyl halides is 2. The summed E-state index contributed by atoms with van der Waals surface area (Å²) in [5.41, 5.74) is -2.57. The topological polar surface area (TPSA) is 70.2 Å². The van der Waals surface area contributed by atoms with Crippen molar-refractivity contribution in [2.45, 2.75) is 13.3 Å². The van der Waals surface area contributed by atoms with Gasteiger partial charge in [-0.2, -0.15) is 0 Å². The fraction of sp³-hybridized carbons (Fsp3) is 0.250. The van der Waals surface area contributed by atoms with E-state index < -0.39 is 29.1 Å². The molecular weight excluding hydrogens is 196 g/mol. The highest BCUT2D eigenvalue weighted by atomic mass is 19.3. The Bertz CT molecular complexity index is 425. The normalized spacial score (nSPS) is 10.6. The molecule has 0 bridgehead atoms. The van der Waals surface area contributed by atoms with Gasteiger partial charge in [-0.15, -0.1) is 0 Å². The van der Waals surface area contributed by atoms with Gasteiger partial charge in [0.15, 0.2) is 0 Å². The van der Waals surface area contributed by atoms with Crippen LogP contribution in [0.4, 0.5) is 8.78 Å². The van der Waals surface area contributed by atoms with Gasteiger partial charge in [-0.1, -0.05) is 0 Å². The highest BCUT2D eigenvalue weighted by Gasteiger charge is 2.23. The average molecular weight is 203 g/mol. The molecule has 6 heteroatoms. The van der Waals surface area contributed by atoms with Crippen molar-refractivity contribution in [2.75, 3.05) is 0 Å². The number of hydrogen-bond acceptors (Lipinski definition) is 2. The van der Waals surface area contributed by atoms with Crippen molar-refractivity contribution in [1.29, 1.82) is 0 Å². The van der Waals surface area contributed by atoms with Gasteiger partial charge in [-0.3, -0.25) is 4.79 Å². The van der Waals surface area contributed by atoms with Crippen LogP contribution < -0.4 is 5.56 Å². The van der Waals surface area contributed by atoms with Crippen LogP contribution in [0.25, 0.3) is 0 Å². The van der Waals surface area contributed by atoms with Crippen molar-refractivity contribution >= 4 is 5.97 Å². The molecule has 76 valence electrons. The quantitative estimate of drug-likeness (QED) is 0.761. The molecule has 14 heavy (non-hydrogen) atoms. The molecule has 0 fully saturated rings. The maximum Gasteiger partial charge on any atom is 0.336 e. The van der Waals surface area contributed by atoms with Crippen LogP contribution in [0, 0.1) is 6.92 Å². The lowest BCUT2D eigenvalue weighted by atomic mass is 10.1. The Morgan fingerprint density at radius 3 is 2.50 bits per heavy atom. The molecule has 0 aliphatic rings. The van der Waals surface area contributed by atoms with Crippen molar-refractivity contribution in [1.82, 2.24) is 4.98 Å². The van der Waals surface area contributed by atoms with Gasteiger partial charge >= 0.3 is 5.97 Å². The summed E-state index contributed by atoms with van der Waals surface area (Å²) in [7, 11) is 0. The van der Waals surface area contributed by atoms with Crippen LogP contribution in [0.5, 0.6) is 0 Å². The molecule has 4 nitrogen and oxygen atoms in total. The molecule has 0 unspecified atom stereocenters. The third kappa shape index (κ3) is 1.63. The minimum atomic E-state index is -3.09. The van der Waals surface area contributed by atoms with Crippen LogP contribution in [0.1, 0.15) is 27.9 Å². The largest absolute Gasteiger partial charge is 0.478 e. The second-order valence-electron chi connectivity index (χ2n) is 2.70. The zero-order valence-corrected chi connectivity index (χ0v) is 7.17. The van der Waals surface area contributed by atoms with Crippen LogP contribution in [0.2, 0.25) is 0 Å². The van der Waals surface area contributed by atoms with Crippen LogP contribution >= 0.6 is 0 Å². The molecule has 0 spiro atoms. The molecule has 1 heterocycles. The first-order chi connectivity index (χ1) is 6.45. The monoisotopic (exact) mass is 203 g/mol. The van der Waals surface area contributed by atoms with Crippen molar-refractivity contribution in [2.24, 2.45) is 0 Å². The van der Waals surface area contributed by atoms with Crippen LogP contribution in [0.15, 0.2) is 11.0 Å². The molecule has 0 amide bonds. The van der Waals surface area contributed by atoms with E-state index in [0.717, 1.165) is 6.20 Å². The van der Waals surface area contributed by atoms with E-state index >= 15 is 0 Å². The number of H-pyrrole nitrogens is 1. The van der Waals surface area contributed by atoms with E-state index in [1.54, 1.807) is 0 Å². The summed E-state index contributed by atoms with van der Waals surface area (Å²) >= 11 is 0. The van der Waals surface area contributed by atoms with Gasteiger partial charge in [0.05, 0.1) is 11.1 Å². The van der Waals surface area contributed by atoms with E-state index in [9.17, 15) is 18.4 Å². The van der Waals surface area contributed by atoms with Gasteiger partial charge in [0.1, 0.15) is 0 Å². The van der Waals surface area contributed by atoms with E-state index in [-0.39, 0.29) is 5.56 Å². The number of pyridine rings is 1. The Labute approximate surface area is 77.2 Å². The van der Waals surface area contributed by atoms with Crippen molar-refractivity contribution in [3.05, 3.63) is 33.2 Å². The van der Waals surface area contributed by atoms with E-state index in [0.29, 0.717) is 0 Å². The van der Waals surface area contributed by atoms with Gasteiger partial charge in [0.2, 0.25) is 0 Å². The average Bonchev–Trinajstić information content (AvgIpc) is 2.07. The highest BCUT2D eigenvalue weighted by Crippen LogP contribution is 2.20. The molecule has 0 atom stereocenters. The molecule has 0 aliphatic carbocycles. The smallest absolute Gasteiger partial charge is 0.336 e. The van der Waals surface area contributed by atoms with Crippen molar-refractivity contribution < 1.29 is 18.7 Å². The van der Waals surface area contributed by atoms with Gasteiger partial charge in [-0.05, 0) is 12.5 Å². The standard InChI is InChI=1S/C8H7F2NO3/c1-3-2-11-7(12)5(6(9)10)4(3)8(13)14/h2,6H,1H3,(H,11,12)(H,13,14). The van der Waals surface area contributed by atoms with Gasteiger partial charge in [0, 0.05) is 6.20 Å². The SMILES string of the molecule is Cc1c[nH]c(=O)c(C(F)F)c1C(=O)O. The molecule has 0 saturated carbocycles. The zero-order chi connectivity index (χ0) is 10.9. The number of carboxylic acids is 1. The number of aromatic nitrogens is 1. The maximum absolute atomic E-state index is 12.3. The zero-order valence-electron chi connectivity index (χ0n) is 7.17. The lowest BCUT2D eigenvalue weighted by Crippen LogP contribution is -2.19. The highest BCUT2D eigenvalue weighted by molar-refractivity contribution is 5.90. The Morgan fingerprint density at radius 1 is 1.57 bits per heavy atom. The first kappa shape index (κ1) is 10.4. The first-order valence-corrected chi connectivity index (χ1v) is 3.68. The molecule has 1 rings (SSSR count). The summed E-state index contributed by atoms with van der Waals surface area (Å²) in [6.45, 7) is 1.34. The van der Waals surface area contributed by atoms with Crippen LogP contribution in [-0.2, 0) is 0 Å². The molecule has 1 aromatic rings. The van der Waals surface area contributed by atoms with Crippen molar-refractivity contribution in [3.63, 3.8) is 0 Å². The Kier molecular flexibility index (Phi) is 2.64. The number of halogens is 2. The predicted octanol–water partition coefficient (Wildman–Crippen LogP) is 1.32. The third-order valence-corrected chi connectivity index (χ3v) is 1.76. The molecule has 2 N–H and O–H groups in total. The fourth-order valence-corrected chi connectivity index (χ4v) is 1.14. The molecule has 0 saturated heterocycles. The number of aryl methyl sites for hydroxylation is 1. The lowest BCUT2D eigenvalue weighted by molar-refractivity contribution is 0.0682. The second kappa shape index (κ2) is 3.57. The number of rotatable bonds is 2. The Hall–Kier alpha value is -1.72. The molecule has 0 aromatic carbocycles. The molecule has 0 aliphatic heterocycles. The number of nitrogens with one attached hydrogen (secondary N) is 1. The van der Waals surface area contributed by atoms with Crippen LogP contribution in [0.3, 0.4) is 0 Å². The Morgan fingerprint density at radius 2 is 2.14 bits per heavy atom. The van der Waals surface area contributed by atoms with E-state index in [1.807, 2.05) is 4.98 Å². The number of aromatic carboxylic acids is 1. The molecule has 1 aromatic heterocycles. The van der Waals surface area contributed by atoms with Gasteiger partial charge < -0.3 is 10.1 Å². The van der Waals surface area contributed by atoms with E-state index in [1.165, 1.54) is 6.92 Å². The number of aromatic amines is 1. The van der Waals surface area contributed by atoms with Gasteiger partial charge in [-0.25, -0.2) is 13.6 Å². The predicted molar refractivity (Wildman–Crippen MR) is 43.7 cm³/mol. The van der Waals surface area contributed by atoms with E-state index in [4.69, 9.17) is 5.11 Å². The lowest BCUT2D eigenvalue weighted by Gasteiger charge is -2.05. The summed E-state index contributed by atoms with van der Waals surface area (Å²) in [6.07, 6.45) is -2.00. The molecule has 0 radical (unpaired) electrons. The fourth-order valence-electron chi connectivity index (χ4n) is 1.14. The summed E-state index contributed by atoms with van der Waals surface area (Å²) < 4.78 is 24.7. The number of hydrogen-bond donors (Lipinski definition) is 2. The molecular formula is C8H7F2NO3. The summed E-state index contributed by atoms with van der Waals surface area (Å²) in [5, 5.41) is 8.63. The summed E-state index contributed by atoms with van der Waals surface area (Å²) in [4.78, 5) is 23.6. The summed E-state index contributed by atoms with van der Waals surface area (Å²) in [6, 6.07) is 0.